The van der Waals surface area contributed by atoms with Gasteiger partial charge in [-0.2, -0.15) is 0 Å². The molecule has 28 heavy (non-hydrogen) atoms. The quantitative estimate of drug-likeness (QED) is 0.408. The number of nitrogens with zero attached hydrogens (tertiary/aromatic N) is 2. The fourth-order valence-corrected chi connectivity index (χ4v) is 3.74. The number of pyridine rings is 2. The summed E-state index contributed by atoms with van der Waals surface area (Å²) in [6.45, 7) is 3.68. The molecule has 1 aromatic carbocycles. The number of fused-ring (bicyclic) bond motifs is 1. The SMILES string of the molecule is C/C(=N\O)c1cccc(-c2ccn3c(=O)c(C(=O)O)cc(C4CC4)c3c2C)c1. The number of aromatic nitrogens is 1. The number of aryl methyl sites for hydroxylation is 1. The number of hydrogen-bond donors (Lipinski definition) is 2. The van der Waals surface area contributed by atoms with Crippen LogP contribution in [-0.4, -0.2) is 26.4 Å². The number of aromatic carboxylic acids is 1. The Labute approximate surface area is 161 Å². The zero-order chi connectivity index (χ0) is 20.0. The predicted molar refractivity (Wildman–Crippen MR) is 107 cm³/mol. The molecule has 0 spiro atoms. The van der Waals surface area contributed by atoms with Crippen LogP contribution in [-0.2, 0) is 0 Å². The van der Waals surface area contributed by atoms with E-state index in [0.717, 1.165) is 46.2 Å². The van der Waals surface area contributed by atoms with Gasteiger partial charge in [0.2, 0.25) is 0 Å². The van der Waals surface area contributed by atoms with Crippen LogP contribution < -0.4 is 5.56 Å². The summed E-state index contributed by atoms with van der Waals surface area (Å²) < 4.78 is 1.46. The lowest BCUT2D eigenvalue weighted by molar-refractivity contribution is 0.0694. The zero-order valence-corrected chi connectivity index (χ0v) is 15.6. The van der Waals surface area contributed by atoms with Gasteiger partial charge in [-0.25, -0.2) is 4.79 Å². The second kappa shape index (κ2) is 6.64. The number of hydrogen-bond acceptors (Lipinski definition) is 4. The van der Waals surface area contributed by atoms with E-state index in [9.17, 15) is 14.7 Å². The van der Waals surface area contributed by atoms with Gasteiger partial charge < -0.3 is 10.3 Å². The van der Waals surface area contributed by atoms with E-state index < -0.39 is 11.5 Å². The number of benzene rings is 1. The minimum absolute atomic E-state index is 0.191. The Bertz CT molecular complexity index is 1200. The number of oxime groups is 1. The van der Waals surface area contributed by atoms with Crippen LogP contribution in [0.5, 0.6) is 0 Å². The number of carboxylic acids is 1. The lowest BCUT2D eigenvalue weighted by Crippen LogP contribution is -2.23. The van der Waals surface area contributed by atoms with E-state index in [0.29, 0.717) is 5.71 Å². The Kier molecular flexibility index (Phi) is 4.26. The van der Waals surface area contributed by atoms with Gasteiger partial charge in [0, 0.05) is 6.20 Å². The van der Waals surface area contributed by atoms with Crippen LogP contribution in [0.3, 0.4) is 0 Å². The van der Waals surface area contributed by atoms with Crippen molar-refractivity contribution < 1.29 is 15.1 Å². The summed E-state index contributed by atoms with van der Waals surface area (Å²) in [5.74, 6) is -0.910. The van der Waals surface area contributed by atoms with Crippen molar-refractivity contribution in [3.05, 3.63) is 75.2 Å². The molecule has 0 saturated heterocycles. The molecule has 2 aromatic heterocycles. The van der Waals surface area contributed by atoms with E-state index in [1.165, 1.54) is 4.40 Å². The molecule has 2 N–H and O–H groups in total. The smallest absolute Gasteiger partial charge is 0.341 e. The van der Waals surface area contributed by atoms with Crippen molar-refractivity contribution in [2.24, 2.45) is 5.16 Å². The fourth-order valence-electron chi connectivity index (χ4n) is 3.74. The minimum Gasteiger partial charge on any atom is -0.477 e. The van der Waals surface area contributed by atoms with Crippen LogP contribution in [0.4, 0.5) is 0 Å². The van der Waals surface area contributed by atoms with Gasteiger partial charge in [-0.15, -0.1) is 0 Å². The van der Waals surface area contributed by atoms with Crippen LogP contribution >= 0.6 is 0 Å². The molecule has 1 fully saturated rings. The first-order chi connectivity index (χ1) is 13.4. The molecular weight excluding hydrogens is 356 g/mol. The van der Waals surface area contributed by atoms with Crippen molar-refractivity contribution in [3.8, 4) is 11.1 Å². The maximum Gasteiger partial charge on any atom is 0.341 e. The lowest BCUT2D eigenvalue weighted by atomic mass is 9.95. The molecule has 2 heterocycles. The van der Waals surface area contributed by atoms with Crippen LogP contribution in [0, 0.1) is 6.92 Å². The largest absolute Gasteiger partial charge is 0.477 e. The predicted octanol–water partition coefficient (Wildman–Crippen LogP) is 4.05. The average molecular weight is 376 g/mol. The third kappa shape index (κ3) is 2.87. The number of rotatable bonds is 4. The van der Waals surface area contributed by atoms with Gasteiger partial charge in [0.15, 0.2) is 0 Å². The van der Waals surface area contributed by atoms with Crippen molar-refractivity contribution in [3.63, 3.8) is 0 Å². The van der Waals surface area contributed by atoms with Crippen LogP contribution in [0.1, 0.15) is 52.7 Å². The molecular formula is C22H20N2O4. The summed E-state index contributed by atoms with van der Waals surface area (Å²) in [4.78, 5) is 24.2. The van der Waals surface area contributed by atoms with Crippen molar-refractivity contribution in [2.75, 3.05) is 0 Å². The van der Waals surface area contributed by atoms with E-state index in [4.69, 9.17) is 5.21 Å². The summed E-state index contributed by atoms with van der Waals surface area (Å²) >= 11 is 0. The Morgan fingerprint density at radius 1 is 1.21 bits per heavy atom. The molecule has 1 aliphatic carbocycles. The molecule has 0 radical (unpaired) electrons. The van der Waals surface area contributed by atoms with Gasteiger partial charge in [-0.3, -0.25) is 9.20 Å². The first-order valence-corrected chi connectivity index (χ1v) is 9.14. The van der Waals surface area contributed by atoms with Gasteiger partial charge >= 0.3 is 5.97 Å². The van der Waals surface area contributed by atoms with Crippen LogP contribution in [0.15, 0.2) is 52.5 Å². The number of carbonyl (C=O) groups is 1. The molecule has 0 aliphatic heterocycles. The lowest BCUT2D eigenvalue weighted by Gasteiger charge is -2.15. The maximum atomic E-state index is 12.7. The normalized spacial score (nSPS) is 14.4. The Morgan fingerprint density at radius 3 is 2.61 bits per heavy atom. The van der Waals surface area contributed by atoms with Gasteiger partial charge in [-0.1, -0.05) is 23.4 Å². The summed E-state index contributed by atoms with van der Waals surface area (Å²) in [6, 6.07) is 11.0. The topological polar surface area (TPSA) is 91.4 Å². The van der Waals surface area contributed by atoms with Crippen molar-refractivity contribution in [1.29, 1.82) is 0 Å². The number of carboxylic acid groups (broad SMARTS) is 1. The highest BCUT2D eigenvalue weighted by molar-refractivity contribution is 5.99. The van der Waals surface area contributed by atoms with E-state index in [2.05, 4.69) is 5.16 Å². The average Bonchev–Trinajstić information content (AvgIpc) is 3.53. The molecule has 6 heteroatoms. The molecule has 4 rings (SSSR count). The van der Waals surface area contributed by atoms with Gasteiger partial charge in [0.25, 0.3) is 5.56 Å². The Balaban J connectivity index is 2.00. The van der Waals surface area contributed by atoms with E-state index in [1.807, 2.05) is 37.3 Å². The second-order valence-electron chi connectivity index (χ2n) is 7.24. The Hall–Kier alpha value is -3.41. The van der Waals surface area contributed by atoms with E-state index >= 15 is 0 Å². The fraction of sp³-hybridized carbons (Fsp3) is 0.227. The molecule has 0 unspecified atom stereocenters. The Morgan fingerprint density at radius 2 is 1.96 bits per heavy atom. The molecule has 3 aromatic rings. The molecule has 142 valence electrons. The molecule has 0 bridgehead atoms. The molecule has 0 amide bonds. The highest BCUT2D eigenvalue weighted by atomic mass is 16.4. The molecule has 1 aliphatic rings. The summed E-state index contributed by atoms with van der Waals surface area (Å²) in [7, 11) is 0. The molecule has 6 nitrogen and oxygen atoms in total. The second-order valence-corrected chi connectivity index (χ2v) is 7.24. The third-order valence-corrected chi connectivity index (χ3v) is 5.40. The zero-order valence-electron chi connectivity index (χ0n) is 15.6. The van der Waals surface area contributed by atoms with Crippen molar-refractivity contribution in [1.82, 2.24) is 4.40 Å². The standard InChI is InChI=1S/C22H20N2O4/c1-12-17(16-5-3-4-15(10-16)13(2)23-28)8-9-24-20(12)18(14-6-7-14)11-19(21(24)25)22(26)27/h3-5,8-11,14,28H,6-7H2,1-2H3,(H,26,27)/b23-13+. The summed E-state index contributed by atoms with van der Waals surface area (Å²) in [6.07, 6.45) is 3.65. The first kappa shape index (κ1) is 18.0. The van der Waals surface area contributed by atoms with Gasteiger partial charge in [0.1, 0.15) is 5.56 Å². The third-order valence-electron chi connectivity index (χ3n) is 5.40. The van der Waals surface area contributed by atoms with Crippen LogP contribution in [0.2, 0.25) is 0 Å². The van der Waals surface area contributed by atoms with Gasteiger partial charge in [0.05, 0.1) is 11.2 Å². The molecule has 0 atom stereocenters. The maximum absolute atomic E-state index is 12.7. The first-order valence-electron chi connectivity index (χ1n) is 9.14. The highest BCUT2D eigenvalue weighted by Gasteiger charge is 2.29. The minimum atomic E-state index is -1.20. The highest BCUT2D eigenvalue weighted by Crippen LogP contribution is 2.43. The van der Waals surface area contributed by atoms with Crippen molar-refractivity contribution in [2.45, 2.75) is 32.6 Å². The summed E-state index contributed by atoms with van der Waals surface area (Å²) in [5.41, 5.74) is 5.14. The van der Waals surface area contributed by atoms with Crippen molar-refractivity contribution >= 4 is 17.2 Å². The molecule has 1 saturated carbocycles. The van der Waals surface area contributed by atoms with Crippen LogP contribution in [0.25, 0.3) is 16.6 Å². The monoisotopic (exact) mass is 376 g/mol. The summed E-state index contributed by atoms with van der Waals surface area (Å²) in [5, 5.41) is 21.7. The van der Waals surface area contributed by atoms with E-state index in [-0.39, 0.29) is 11.5 Å². The van der Waals surface area contributed by atoms with E-state index in [1.54, 1.807) is 19.2 Å². The van der Waals surface area contributed by atoms with Gasteiger partial charge in [-0.05, 0) is 78.6 Å².